The van der Waals surface area contributed by atoms with Gasteiger partial charge in [0, 0.05) is 6.42 Å². The van der Waals surface area contributed by atoms with Crippen molar-refractivity contribution in [1.82, 2.24) is 0 Å². The molecule has 0 saturated heterocycles. The fourth-order valence-electron chi connectivity index (χ4n) is 2.10. The minimum Gasteiger partial charge on any atom is -0.493 e. The lowest BCUT2D eigenvalue weighted by Crippen LogP contribution is -2.46. The van der Waals surface area contributed by atoms with Crippen molar-refractivity contribution in [2.45, 2.75) is 45.6 Å². The molecule has 0 fully saturated rings. The third-order valence-corrected chi connectivity index (χ3v) is 3.41. The molecule has 2 N–H and O–H groups in total. The highest BCUT2D eigenvalue weighted by Crippen LogP contribution is 2.23. The smallest absolute Gasteiger partial charge is 0.325 e. The maximum Gasteiger partial charge on any atom is 0.325 e. The van der Waals surface area contributed by atoms with Crippen molar-refractivity contribution >= 4 is 5.97 Å². The first kappa shape index (κ1) is 16.5. The summed E-state index contributed by atoms with van der Waals surface area (Å²) < 4.78 is 10.3. The van der Waals surface area contributed by atoms with E-state index in [0.717, 1.165) is 5.75 Å². The maximum atomic E-state index is 11.4. The number of hydrogen-bond acceptors (Lipinski definition) is 4. The number of methoxy groups -OCH3 is 1. The Labute approximate surface area is 121 Å². The van der Waals surface area contributed by atoms with Gasteiger partial charge in [0.25, 0.3) is 0 Å². The van der Waals surface area contributed by atoms with Crippen LogP contribution in [0.25, 0.3) is 0 Å². The van der Waals surface area contributed by atoms with Crippen molar-refractivity contribution in [3.8, 4) is 5.75 Å². The molecule has 0 spiro atoms. The third kappa shape index (κ3) is 4.23. The lowest BCUT2D eigenvalue weighted by atomic mass is 9.98. The Kier molecular flexibility index (Phi) is 5.57. The molecule has 112 valence electrons. The molecule has 0 aliphatic carbocycles. The molecule has 0 aromatic heterocycles. The molecule has 1 aromatic carbocycles. The number of hydrogen-bond donors (Lipinski definition) is 1. The molecular formula is C16H25NO3. The Hall–Kier alpha value is -1.55. The molecule has 1 atom stereocenters. The molecule has 0 aliphatic heterocycles. The first-order valence-electron chi connectivity index (χ1n) is 6.88. The molecule has 0 amide bonds. The Bertz CT molecular complexity index is 467. The average molecular weight is 279 g/mol. The first-order chi connectivity index (χ1) is 9.27. The number of nitrogens with two attached hydrogens (primary N) is 1. The molecule has 0 saturated carbocycles. The fourth-order valence-corrected chi connectivity index (χ4v) is 2.10. The van der Waals surface area contributed by atoms with Gasteiger partial charge in [-0.25, -0.2) is 0 Å². The van der Waals surface area contributed by atoms with Crippen LogP contribution in [0.2, 0.25) is 0 Å². The summed E-state index contributed by atoms with van der Waals surface area (Å²) in [6.45, 7) is 8.43. The van der Waals surface area contributed by atoms with Gasteiger partial charge in [0.2, 0.25) is 0 Å². The van der Waals surface area contributed by atoms with Crippen LogP contribution in [0.15, 0.2) is 18.2 Å². The summed E-state index contributed by atoms with van der Waals surface area (Å²) in [7, 11) is 1.34. The second kappa shape index (κ2) is 6.75. The molecule has 4 nitrogen and oxygen atoms in total. The maximum absolute atomic E-state index is 11.4. The summed E-state index contributed by atoms with van der Waals surface area (Å²) in [6.07, 6.45) is 0.407. The van der Waals surface area contributed by atoms with E-state index < -0.39 is 11.5 Å². The van der Waals surface area contributed by atoms with Crippen LogP contribution in [0, 0.1) is 6.92 Å². The fraction of sp³-hybridized carbons (Fsp3) is 0.562. The van der Waals surface area contributed by atoms with Crippen LogP contribution in [0.4, 0.5) is 0 Å². The number of esters is 1. The van der Waals surface area contributed by atoms with Gasteiger partial charge in [-0.05, 0) is 43.0 Å². The van der Waals surface area contributed by atoms with Crippen molar-refractivity contribution in [2.24, 2.45) is 5.73 Å². The van der Waals surface area contributed by atoms with Crippen molar-refractivity contribution in [3.05, 3.63) is 29.3 Å². The Balaban J connectivity index is 2.59. The van der Waals surface area contributed by atoms with E-state index in [1.165, 1.54) is 18.2 Å². The second-order valence-electron chi connectivity index (χ2n) is 5.68. The van der Waals surface area contributed by atoms with Gasteiger partial charge in [0.05, 0.1) is 13.7 Å². The van der Waals surface area contributed by atoms with Gasteiger partial charge in [-0.15, -0.1) is 0 Å². The monoisotopic (exact) mass is 279 g/mol. The second-order valence-corrected chi connectivity index (χ2v) is 5.68. The van der Waals surface area contributed by atoms with Gasteiger partial charge in [-0.2, -0.15) is 0 Å². The van der Waals surface area contributed by atoms with Crippen LogP contribution in [-0.2, 0) is 9.53 Å². The molecule has 1 aromatic rings. The van der Waals surface area contributed by atoms with Crippen LogP contribution in [-0.4, -0.2) is 25.2 Å². The van der Waals surface area contributed by atoms with Gasteiger partial charge in [0.15, 0.2) is 0 Å². The van der Waals surface area contributed by atoms with Gasteiger partial charge in [-0.3, -0.25) is 4.79 Å². The van der Waals surface area contributed by atoms with E-state index in [1.807, 2.05) is 12.1 Å². The van der Waals surface area contributed by atoms with Crippen LogP contribution in [0.3, 0.4) is 0 Å². The number of aryl methyl sites for hydroxylation is 1. The Morgan fingerprint density at radius 2 is 2.05 bits per heavy atom. The molecule has 0 heterocycles. The summed E-state index contributed by atoms with van der Waals surface area (Å²) >= 11 is 0. The predicted molar refractivity (Wildman–Crippen MR) is 80.0 cm³/mol. The topological polar surface area (TPSA) is 61.5 Å². The quantitative estimate of drug-likeness (QED) is 0.813. The molecule has 4 heteroatoms. The van der Waals surface area contributed by atoms with E-state index in [1.54, 1.807) is 6.92 Å². The molecule has 20 heavy (non-hydrogen) atoms. The Morgan fingerprint density at radius 3 is 2.55 bits per heavy atom. The summed E-state index contributed by atoms with van der Waals surface area (Å²) in [5.74, 6) is 0.871. The van der Waals surface area contributed by atoms with Gasteiger partial charge < -0.3 is 15.2 Å². The molecular weight excluding hydrogens is 254 g/mol. The van der Waals surface area contributed by atoms with Gasteiger partial charge >= 0.3 is 5.97 Å². The van der Waals surface area contributed by atoms with Crippen LogP contribution in [0.5, 0.6) is 5.75 Å². The molecule has 1 unspecified atom stereocenters. The number of ether oxygens (including phenoxy) is 2. The predicted octanol–water partition coefficient (Wildman–Crippen LogP) is 2.78. The number of benzene rings is 1. The molecule has 0 aliphatic rings. The van der Waals surface area contributed by atoms with E-state index in [2.05, 4.69) is 31.6 Å². The van der Waals surface area contributed by atoms with Gasteiger partial charge in [0.1, 0.15) is 11.3 Å². The highest BCUT2D eigenvalue weighted by atomic mass is 16.5. The average Bonchev–Trinajstić information content (AvgIpc) is 2.37. The lowest BCUT2D eigenvalue weighted by Gasteiger charge is -2.21. The SMILES string of the molecule is COC(=O)C(C)(N)CCOc1ccc(C(C)C)c(C)c1. The highest BCUT2D eigenvalue weighted by molar-refractivity contribution is 5.79. The standard InChI is InChI=1S/C16H25NO3/c1-11(2)14-7-6-13(10-12(14)3)20-9-8-16(4,17)15(18)19-5/h6-7,10-11H,8-9,17H2,1-5H3. The van der Waals surface area contributed by atoms with E-state index in [0.29, 0.717) is 18.9 Å². The van der Waals surface area contributed by atoms with E-state index in [-0.39, 0.29) is 0 Å². The van der Waals surface area contributed by atoms with Crippen molar-refractivity contribution in [3.63, 3.8) is 0 Å². The summed E-state index contributed by atoms with van der Waals surface area (Å²) in [4.78, 5) is 11.4. The zero-order valence-electron chi connectivity index (χ0n) is 13.0. The zero-order chi connectivity index (χ0) is 15.3. The minimum atomic E-state index is -1.01. The summed E-state index contributed by atoms with van der Waals surface area (Å²) in [6, 6.07) is 6.05. The van der Waals surface area contributed by atoms with Crippen molar-refractivity contribution < 1.29 is 14.3 Å². The molecule has 1 rings (SSSR count). The summed E-state index contributed by atoms with van der Waals surface area (Å²) in [5.41, 5.74) is 7.39. The van der Waals surface area contributed by atoms with Crippen molar-refractivity contribution in [1.29, 1.82) is 0 Å². The Morgan fingerprint density at radius 1 is 1.40 bits per heavy atom. The zero-order valence-corrected chi connectivity index (χ0v) is 13.0. The third-order valence-electron chi connectivity index (χ3n) is 3.41. The van der Waals surface area contributed by atoms with Crippen LogP contribution in [0.1, 0.15) is 44.2 Å². The van der Waals surface area contributed by atoms with E-state index in [9.17, 15) is 4.79 Å². The summed E-state index contributed by atoms with van der Waals surface area (Å²) in [5, 5.41) is 0. The molecule has 0 radical (unpaired) electrons. The minimum absolute atomic E-state index is 0.378. The highest BCUT2D eigenvalue weighted by Gasteiger charge is 2.29. The van der Waals surface area contributed by atoms with Crippen LogP contribution >= 0.6 is 0 Å². The number of rotatable bonds is 6. The number of carbonyl (C=O) groups excluding carboxylic acids is 1. The van der Waals surface area contributed by atoms with E-state index in [4.69, 9.17) is 10.5 Å². The van der Waals surface area contributed by atoms with Crippen molar-refractivity contribution in [2.75, 3.05) is 13.7 Å². The largest absolute Gasteiger partial charge is 0.493 e. The first-order valence-corrected chi connectivity index (χ1v) is 6.88. The molecule has 0 bridgehead atoms. The van der Waals surface area contributed by atoms with Crippen LogP contribution < -0.4 is 10.5 Å². The normalized spacial score (nSPS) is 13.9. The van der Waals surface area contributed by atoms with E-state index >= 15 is 0 Å². The number of carbonyl (C=O) groups is 1. The lowest BCUT2D eigenvalue weighted by molar-refractivity contribution is -0.146. The van der Waals surface area contributed by atoms with Gasteiger partial charge in [-0.1, -0.05) is 19.9 Å².